The van der Waals surface area contributed by atoms with Crippen LogP contribution >= 0.6 is 0 Å². The van der Waals surface area contributed by atoms with Crippen LogP contribution in [0.1, 0.15) is 11.1 Å². The van der Waals surface area contributed by atoms with E-state index in [0.29, 0.717) is 6.54 Å². The van der Waals surface area contributed by atoms with Crippen molar-refractivity contribution < 1.29 is 18.6 Å². The Balaban J connectivity index is 0.000000810. The quantitative estimate of drug-likeness (QED) is 0.681. The minimum atomic E-state index is 0. The molecule has 1 aromatic rings. The summed E-state index contributed by atoms with van der Waals surface area (Å²) in [6.45, 7) is 2.71. The van der Waals surface area contributed by atoms with Crippen molar-refractivity contribution in [2.75, 3.05) is 0 Å². The van der Waals surface area contributed by atoms with Gasteiger partial charge in [0.2, 0.25) is 0 Å². The van der Waals surface area contributed by atoms with Gasteiger partial charge in [-0.2, -0.15) is 0 Å². The molecule has 0 bridgehead atoms. The van der Waals surface area contributed by atoms with Crippen molar-refractivity contribution in [2.45, 2.75) is 13.5 Å². The number of rotatable bonds is 1. The summed E-state index contributed by atoms with van der Waals surface area (Å²) in [6.07, 6.45) is 0. The zero-order valence-corrected chi connectivity index (χ0v) is 7.44. The zero-order chi connectivity index (χ0) is 6.69. The minimum Gasteiger partial charge on any atom is -0.326 e. The molecule has 53 valence electrons. The molecule has 0 atom stereocenters. The molecule has 2 heteroatoms. The molecule has 0 fully saturated rings. The molecule has 0 spiro atoms. The van der Waals surface area contributed by atoms with Crippen molar-refractivity contribution in [3.05, 3.63) is 35.4 Å². The van der Waals surface area contributed by atoms with Gasteiger partial charge >= 0.3 is 0 Å². The molecular weight excluding hydrogens is 161 g/mol. The third-order valence-electron chi connectivity index (χ3n) is 1.32. The maximum Gasteiger partial charge on any atom is 0.0178 e. The molecule has 2 N–H and O–H groups in total. The van der Waals surface area contributed by atoms with Crippen LogP contribution in [0.3, 0.4) is 0 Å². The van der Waals surface area contributed by atoms with Gasteiger partial charge in [0.05, 0.1) is 0 Å². The second-order valence-electron chi connectivity index (χ2n) is 2.19. The van der Waals surface area contributed by atoms with E-state index in [2.05, 4.69) is 19.1 Å². The molecule has 0 saturated heterocycles. The second-order valence-corrected chi connectivity index (χ2v) is 2.19. The van der Waals surface area contributed by atoms with Crippen LogP contribution in [0.2, 0.25) is 0 Å². The van der Waals surface area contributed by atoms with Crippen LogP contribution in [0.25, 0.3) is 0 Å². The van der Waals surface area contributed by atoms with Gasteiger partial charge in [0.25, 0.3) is 0 Å². The number of hydrogen-bond donors (Lipinski definition) is 1. The molecular formula is C8H11NV. The number of aryl methyl sites for hydroxylation is 1. The van der Waals surface area contributed by atoms with Crippen LogP contribution in [-0.4, -0.2) is 0 Å². The predicted octanol–water partition coefficient (Wildman–Crippen LogP) is 1.45. The summed E-state index contributed by atoms with van der Waals surface area (Å²) in [6, 6.07) is 8.23. The Morgan fingerprint density at radius 2 is 2.10 bits per heavy atom. The SMILES string of the molecule is Cc1cccc(CN)c1.[V]. The van der Waals surface area contributed by atoms with Gasteiger partial charge in [-0.3, -0.25) is 0 Å². The molecule has 0 aliphatic rings. The molecule has 1 nitrogen and oxygen atoms in total. The van der Waals surface area contributed by atoms with E-state index in [-0.39, 0.29) is 18.6 Å². The topological polar surface area (TPSA) is 26.0 Å². The molecule has 0 amide bonds. The third kappa shape index (κ3) is 2.57. The van der Waals surface area contributed by atoms with Crippen molar-refractivity contribution in [2.24, 2.45) is 5.73 Å². The van der Waals surface area contributed by atoms with E-state index in [1.807, 2.05) is 12.1 Å². The van der Waals surface area contributed by atoms with Gasteiger partial charge in [0, 0.05) is 25.1 Å². The van der Waals surface area contributed by atoms with Crippen molar-refractivity contribution in [1.82, 2.24) is 0 Å². The molecule has 0 aliphatic heterocycles. The van der Waals surface area contributed by atoms with E-state index < -0.39 is 0 Å². The maximum atomic E-state index is 5.42. The molecule has 0 aromatic heterocycles. The maximum absolute atomic E-state index is 5.42. The zero-order valence-electron chi connectivity index (χ0n) is 6.04. The first-order chi connectivity index (χ1) is 4.33. The number of hydrogen-bond acceptors (Lipinski definition) is 1. The molecule has 0 unspecified atom stereocenters. The second kappa shape index (κ2) is 4.56. The van der Waals surface area contributed by atoms with E-state index in [9.17, 15) is 0 Å². The van der Waals surface area contributed by atoms with E-state index in [1.165, 1.54) is 11.1 Å². The van der Waals surface area contributed by atoms with Crippen LogP contribution in [0.4, 0.5) is 0 Å². The fourth-order valence-electron chi connectivity index (χ4n) is 0.839. The average molecular weight is 172 g/mol. The van der Waals surface area contributed by atoms with Crippen LogP contribution in [0, 0.1) is 6.92 Å². The van der Waals surface area contributed by atoms with E-state index >= 15 is 0 Å². The summed E-state index contributed by atoms with van der Waals surface area (Å²) >= 11 is 0. The normalized spacial score (nSPS) is 8.60. The Morgan fingerprint density at radius 1 is 1.40 bits per heavy atom. The van der Waals surface area contributed by atoms with Gasteiger partial charge in [-0.05, 0) is 12.5 Å². The monoisotopic (exact) mass is 172 g/mol. The van der Waals surface area contributed by atoms with Gasteiger partial charge in [-0.15, -0.1) is 0 Å². The first kappa shape index (κ1) is 9.76. The van der Waals surface area contributed by atoms with Crippen molar-refractivity contribution in [3.63, 3.8) is 0 Å². The van der Waals surface area contributed by atoms with Gasteiger partial charge in [0.15, 0.2) is 0 Å². The Morgan fingerprint density at radius 3 is 2.50 bits per heavy atom. The van der Waals surface area contributed by atoms with Gasteiger partial charge in [0.1, 0.15) is 0 Å². The van der Waals surface area contributed by atoms with Crippen molar-refractivity contribution in [3.8, 4) is 0 Å². The summed E-state index contributed by atoms with van der Waals surface area (Å²) < 4.78 is 0. The fourth-order valence-corrected chi connectivity index (χ4v) is 0.839. The van der Waals surface area contributed by atoms with Crippen LogP contribution in [0.5, 0.6) is 0 Å². The van der Waals surface area contributed by atoms with Crippen molar-refractivity contribution >= 4 is 0 Å². The average Bonchev–Trinajstić information content (AvgIpc) is 1.88. The van der Waals surface area contributed by atoms with E-state index in [0.717, 1.165) is 0 Å². The first-order valence-electron chi connectivity index (χ1n) is 3.08. The van der Waals surface area contributed by atoms with Gasteiger partial charge in [-0.1, -0.05) is 29.8 Å². The summed E-state index contributed by atoms with van der Waals surface area (Å²) in [5, 5.41) is 0. The summed E-state index contributed by atoms with van der Waals surface area (Å²) in [5.41, 5.74) is 7.90. The van der Waals surface area contributed by atoms with Gasteiger partial charge in [-0.25, -0.2) is 0 Å². The molecule has 0 aliphatic carbocycles. The molecule has 1 aromatic carbocycles. The predicted molar refractivity (Wildman–Crippen MR) is 39.1 cm³/mol. The molecule has 1 rings (SSSR count). The summed E-state index contributed by atoms with van der Waals surface area (Å²) in [5.74, 6) is 0. The minimum absolute atomic E-state index is 0. The molecule has 10 heavy (non-hydrogen) atoms. The van der Waals surface area contributed by atoms with Crippen molar-refractivity contribution in [1.29, 1.82) is 0 Å². The third-order valence-corrected chi connectivity index (χ3v) is 1.32. The number of nitrogens with two attached hydrogens (primary N) is 1. The fraction of sp³-hybridized carbons (Fsp3) is 0.250. The summed E-state index contributed by atoms with van der Waals surface area (Å²) in [7, 11) is 0. The number of benzene rings is 1. The van der Waals surface area contributed by atoms with Gasteiger partial charge < -0.3 is 5.73 Å². The Kier molecular flexibility index (Phi) is 4.45. The Bertz CT molecular complexity index is 198. The van der Waals surface area contributed by atoms with Crippen LogP contribution < -0.4 is 5.73 Å². The largest absolute Gasteiger partial charge is 0.326 e. The van der Waals surface area contributed by atoms with Crippen LogP contribution in [0.15, 0.2) is 24.3 Å². The molecule has 0 heterocycles. The standard InChI is InChI=1S/C8H11N.V/c1-7-3-2-4-8(5-7)6-9;/h2-5H,6,9H2,1H3;. The first-order valence-corrected chi connectivity index (χ1v) is 3.08. The molecule has 0 saturated carbocycles. The Labute approximate surface area is 73.5 Å². The van der Waals surface area contributed by atoms with E-state index in [4.69, 9.17) is 5.73 Å². The van der Waals surface area contributed by atoms with E-state index in [1.54, 1.807) is 0 Å². The molecule has 1 radical (unpaired) electrons. The Hall–Kier alpha value is -0.236. The summed E-state index contributed by atoms with van der Waals surface area (Å²) in [4.78, 5) is 0. The smallest absolute Gasteiger partial charge is 0.0178 e. The van der Waals surface area contributed by atoms with Crippen LogP contribution in [-0.2, 0) is 25.1 Å².